The minimum Gasteiger partial charge on any atom is -0.483 e. The van der Waals surface area contributed by atoms with E-state index in [-0.39, 0.29) is 18.3 Å². The molecule has 0 bridgehead atoms. The van der Waals surface area contributed by atoms with Crippen LogP contribution in [0.25, 0.3) is 0 Å². The number of amides is 1. The topological polar surface area (TPSA) is 41.6 Å². The van der Waals surface area contributed by atoms with E-state index in [4.69, 9.17) is 4.74 Å². The monoisotopic (exact) mass is 280 g/mol. The van der Waals surface area contributed by atoms with Crippen molar-refractivity contribution in [3.8, 4) is 5.75 Å². The minimum absolute atomic E-state index is 0.00113. The molecular weight excluding hydrogens is 259 g/mol. The van der Waals surface area contributed by atoms with E-state index in [0.29, 0.717) is 12.3 Å². The van der Waals surface area contributed by atoms with Crippen LogP contribution < -0.4 is 10.1 Å². The summed E-state index contributed by atoms with van der Waals surface area (Å²) in [7, 11) is 0. The molecule has 1 aromatic rings. The number of rotatable bonds is 6. The third-order valence-corrected chi connectivity index (χ3v) is 3.40. The van der Waals surface area contributed by atoms with E-state index in [1.165, 1.54) is 12.1 Å². The van der Waals surface area contributed by atoms with Crippen molar-refractivity contribution < 1.29 is 13.9 Å². The van der Waals surface area contributed by atoms with Gasteiger partial charge in [-0.3, -0.25) is 4.79 Å². The zero-order valence-corrected chi connectivity index (χ0v) is 11.8. The van der Waals surface area contributed by atoms with Gasteiger partial charge in [0, 0.05) is 25.2 Å². The third-order valence-electron chi connectivity index (χ3n) is 3.40. The van der Waals surface area contributed by atoms with Gasteiger partial charge in [-0.1, -0.05) is 6.92 Å². The van der Waals surface area contributed by atoms with Crippen LogP contribution in [-0.2, 0) is 11.3 Å². The maximum atomic E-state index is 13.3. The Morgan fingerprint density at radius 2 is 2.15 bits per heavy atom. The van der Waals surface area contributed by atoms with E-state index in [1.54, 1.807) is 6.07 Å². The van der Waals surface area contributed by atoms with Crippen molar-refractivity contribution in [2.45, 2.75) is 26.3 Å². The fourth-order valence-corrected chi connectivity index (χ4v) is 2.28. The molecule has 20 heavy (non-hydrogen) atoms. The van der Waals surface area contributed by atoms with Crippen molar-refractivity contribution in [3.63, 3.8) is 0 Å². The third kappa shape index (κ3) is 3.93. The molecule has 110 valence electrons. The molecule has 1 amide bonds. The molecule has 1 aliphatic rings. The Balaban J connectivity index is 1.95. The molecule has 0 aromatic heterocycles. The largest absolute Gasteiger partial charge is 0.483 e. The van der Waals surface area contributed by atoms with Gasteiger partial charge in [0.1, 0.15) is 11.6 Å². The van der Waals surface area contributed by atoms with Crippen LogP contribution >= 0.6 is 0 Å². The van der Waals surface area contributed by atoms with Crippen molar-refractivity contribution >= 4 is 5.91 Å². The Labute approximate surface area is 118 Å². The van der Waals surface area contributed by atoms with Crippen LogP contribution in [0, 0.1) is 5.82 Å². The van der Waals surface area contributed by atoms with Crippen LogP contribution in [-0.4, -0.2) is 37.0 Å². The summed E-state index contributed by atoms with van der Waals surface area (Å²) in [6.07, 6.45) is 2.13. The summed E-state index contributed by atoms with van der Waals surface area (Å²) < 4.78 is 18.8. The second kappa shape index (κ2) is 7.24. The lowest BCUT2D eigenvalue weighted by molar-refractivity contribution is -0.132. The average molecular weight is 280 g/mol. The molecule has 1 aliphatic heterocycles. The van der Waals surface area contributed by atoms with Gasteiger partial charge in [-0.15, -0.1) is 0 Å². The molecule has 0 spiro atoms. The Hall–Kier alpha value is -1.62. The summed E-state index contributed by atoms with van der Waals surface area (Å²) in [5.74, 6) is 0.275. The van der Waals surface area contributed by atoms with Gasteiger partial charge >= 0.3 is 0 Å². The van der Waals surface area contributed by atoms with Gasteiger partial charge < -0.3 is 15.0 Å². The predicted molar refractivity (Wildman–Crippen MR) is 75.1 cm³/mol. The molecular formula is C15H21FN2O2. The van der Waals surface area contributed by atoms with Gasteiger partial charge in [0.05, 0.1) is 0 Å². The molecule has 0 aliphatic carbocycles. The highest BCUT2D eigenvalue weighted by atomic mass is 19.1. The molecule has 5 heteroatoms. The van der Waals surface area contributed by atoms with Crippen LogP contribution in [0.4, 0.5) is 4.39 Å². The Bertz CT molecular complexity index is 459. The molecule has 2 rings (SSSR count). The van der Waals surface area contributed by atoms with E-state index in [1.807, 2.05) is 11.8 Å². The number of nitrogens with zero attached hydrogens (tertiary/aromatic N) is 1. The molecule has 1 heterocycles. The Morgan fingerprint density at radius 1 is 1.40 bits per heavy atom. The van der Waals surface area contributed by atoms with Crippen LogP contribution in [0.1, 0.15) is 25.3 Å². The molecule has 1 saturated heterocycles. The first kappa shape index (κ1) is 14.8. The maximum absolute atomic E-state index is 13.3. The molecule has 0 unspecified atom stereocenters. The van der Waals surface area contributed by atoms with Gasteiger partial charge in [0.2, 0.25) is 0 Å². The SMILES string of the molecule is CCNCc1cc(F)ccc1OCC(=O)N1CCCC1. The second-order valence-corrected chi connectivity index (χ2v) is 4.91. The van der Waals surface area contributed by atoms with Crippen molar-refractivity contribution in [1.29, 1.82) is 0 Å². The lowest BCUT2D eigenvalue weighted by atomic mass is 10.2. The molecule has 1 N–H and O–H groups in total. The first-order valence-electron chi connectivity index (χ1n) is 7.10. The normalized spacial score (nSPS) is 14.6. The van der Waals surface area contributed by atoms with Gasteiger partial charge in [-0.25, -0.2) is 4.39 Å². The van der Waals surface area contributed by atoms with Crippen molar-refractivity contribution in [2.24, 2.45) is 0 Å². The first-order valence-corrected chi connectivity index (χ1v) is 7.10. The summed E-state index contributed by atoms with van der Waals surface area (Å²) in [6.45, 7) is 4.96. The number of hydrogen-bond donors (Lipinski definition) is 1. The molecule has 1 fully saturated rings. The standard InChI is InChI=1S/C15H21FN2O2/c1-2-17-10-12-9-13(16)5-6-14(12)20-11-15(19)18-7-3-4-8-18/h5-6,9,17H,2-4,7-8,10-11H2,1H3. The molecule has 0 saturated carbocycles. The molecule has 0 radical (unpaired) electrons. The summed E-state index contributed by atoms with van der Waals surface area (Å²) in [4.78, 5) is 13.7. The van der Waals surface area contributed by atoms with E-state index in [9.17, 15) is 9.18 Å². The van der Waals surface area contributed by atoms with Gasteiger partial charge in [0.15, 0.2) is 6.61 Å². The summed E-state index contributed by atoms with van der Waals surface area (Å²) in [5, 5.41) is 3.13. The number of nitrogens with one attached hydrogen (secondary N) is 1. The lowest BCUT2D eigenvalue weighted by Gasteiger charge is -2.17. The zero-order chi connectivity index (χ0) is 14.4. The van der Waals surface area contributed by atoms with Gasteiger partial charge in [-0.2, -0.15) is 0 Å². The molecule has 0 atom stereocenters. The number of carbonyl (C=O) groups excluding carboxylic acids is 1. The number of carbonyl (C=O) groups is 1. The second-order valence-electron chi connectivity index (χ2n) is 4.91. The zero-order valence-electron chi connectivity index (χ0n) is 11.8. The summed E-state index contributed by atoms with van der Waals surface area (Å²) in [5.41, 5.74) is 0.737. The Kier molecular flexibility index (Phi) is 5.35. The van der Waals surface area contributed by atoms with E-state index in [2.05, 4.69) is 5.32 Å². The Morgan fingerprint density at radius 3 is 2.85 bits per heavy atom. The van der Waals surface area contributed by atoms with Crippen LogP contribution in [0.15, 0.2) is 18.2 Å². The molecule has 4 nitrogen and oxygen atoms in total. The number of likely N-dealkylation sites (tertiary alicyclic amines) is 1. The fourth-order valence-electron chi connectivity index (χ4n) is 2.28. The number of benzene rings is 1. The van der Waals surface area contributed by atoms with Crippen LogP contribution in [0.2, 0.25) is 0 Å². The highest BCUT2D eigenvalue weighted by molar-refractivity contribution is 5.78. The van der Waals surface area contributed by atoms with Crippen molar-refractivity contribution in [3.05, 3.63) is 29.6 Å². The number of hydrogen-bond acceptors (Lipinski definition) is 3. The van der Waals surface area contributed by atoms with E-state index in [0.717, 1.165) is 38.0 Å². The number of ether oxygens (including phenoxy) is 1. The average Bonchev–Trinajstić information content (AvgIpc) is 2.98. The van der Waals surface area contributed by atoms with E-state index < -0.39 is 0 Å². The van der Waals surface area contributed by atoms with Gasteiger partial charge in [-0.05, 0) is 37.6 Å². The van der Waals surface area contributed by atoms with Crippen molar-refractivity contribution in [2.75, 3.05) is 26.2 Å². The summed E-state index contributed by atoms with van der Waals surface area (Å²) >= 11 is 0. The quantitative estimate of drug-likeness (QED) is 0.866. The highest BCUT2D eigenvalue weighted by Gasteiger charge is 2.18. The summed E-state index contributed by atoms with van der Waals surface area (Å²) in [6, 6.07) is 4.38. The van der Waals surface area contributed by atoms with Crippen LogP contribution in [0.5, 0.6) is 5.75 Å². The highest BCUT2D eigenvalue weighted by Crippen LogP contribution is 2.20. The smallest absolute Gasteiger partial charge is 0.260 e. The number of halogens is 1. The molecule has 1 aromatic carbocycles. The van der Waals surface area contributed by atoms with Crippen LogP contribution in [0.3, 0.4) is 0 Å². The fraction of sp³-hybridized carbons (Fsp3) is 0.533. The first-order chi connectivity index (χ1) is 9.70. The van der Waals surface area contributed by atoms with Gasteiger partial charge in [0.25, 0.3) is 5.91 Å². The lowest BCUT2D eigenvalue weighted by Crippen LogP contribution is -2.32. The minimum atomic E-state index is -0.295. The predicted octanol–water partition coefficient (Wildman–Crippen LogP) is 1.94. The van der Waals surface area contributed by atoms with E-state index >= 15 is 0 Å². The van der Waals surface area contributed by atoms with Crippen molar-refractivity contribution in [1.82, 2.24) is 10.2 Å². The maximum Gasteiger partial charge on any atom is 0.260 e.